The van der Waals surface area contributed by atoms with E-state index in [1.165, 1.54) is 18.2 Å². The van der Waals surface area contributed by atoms with Crippen molar-refractivity contribution in [2.45, 2.75) is 6.36 Å². The minimum Gasteiger partial charge on any atom is -0.434 e. The van der Waals surface area contributed by atoms with Crippen LogP contribution in [0.25, 0.3) is 0 Å². The molecule has 5 nitrogen and oxygen atoms in total. The van der Waals surface area contributed by atoms with Crippen molar-refractivity contribution < 1.29 is 22.6 Å². The second-order valence-electron chi connectivity index (χ2n) is 3.47. The number of benzene rings is 1. The van der Waals surface area contributed by atoms with Crippen molar-refractivity contribution in [3.63, 3.8) is 0 Å². The number of para-hydroxylation sites is 2. The van der Waals surface area contributed by atoms with Crippen molar-refractivity contribution in [2.75, 3.05) is 5.73 Å². The number of nitrogen functional groups attached to an aromatic ring is 1. The average Bonchev–Trinajstić information content (AvgIpc) is 2.35. The van der Waals surface area contributed by atoms with Gasteiger partial charge in [-0.1, -0.05) is 12.1 Å². The molecule has 20 heavy (non-hydrogen) atoms. The van der Waals surface area contributed by atoms with Gasteiger partial charge in [0.15, 0.2) is 11.5 Å². The van der Waals surface area contributed by atoms with Gasteiger partial charge in [-0.25, -0.2) is 9.97 Å². The van der Waals surface area contributed by atoms with E-state index in [0.717, 1.165) is 12.4 Å². The zero-order valence-corrected chi connectivity index (χ0v) is 11.3. The number of halogens is 4. The molecule has 1 aromatic heterocycles. The van der Waals surface area contributed by atoms with Crippen LogP contribution in [-0.4, -0.2) is 16.3 Å². The Kier molecular flexibility index (Phi) is 3.98. The van der Waals surface area contributed by atoms with Crippen LogP contribution in [0.15, 0.2) is 35.1 Å². The molecule has 0 atom stereocenters. The smallest absolute Gasteiger partial charge is 0.434 e. The summed E-state index contributed by atoms with van der Waals surface area (Å²) >= 11 is 3.09. The second kappa shape index (κ2) is 5.53. The minimum absolute atomic E-state index is 0.0178. The number of hydrogen-bond donors (Lipinski definition) is 1. The van der Waals surface area contributed by atoms with Gasteiger partial charge in [0.1, 0.15) is 16.6 Å². The fraction of sp³-hybridized carbons (Fsp3) is 0.0909. The van der Waals surface area contributed by atoms with E-state index in [0.29, 0.717) is 0 Å². The Labute approximate surface area is 119 Å². The van der Waals surface area contributed by atoms with Crippen molar-refractivity contribution >= 4 is 21.7 Å². The maximum absolute atomic E-state index is 12.3. The standard InChI is InChI=1S/C11H7BrF3N3O2/c12-8-9(16)17-5-18-10(8)19-6-3-1-2-4-7(6)20-11(13,14)15/h1-5H,(H2,16,17,18). The van der Waals surface area contributed by atoms with E-state index in [4.69, 9.17) is 10.5 Å². The van der Waals surface area contributed by atoms with Gasteiger partial charge >= 0.3 is 6.36 Å². The van der Waals surface area contributed by atoms with Gasteiger partial charge in [-0.05, 0) is 28.1 Å². The van der Waals surface area contributed by atoms with E-state index >= 15 is 0 Å². The molecule has 2 N–H and O–H groups in total. The molecule has 0 fully saturated rings. The lowest BCUT2D eigenvalue weighted by Crippen LogP contribution is -2.17. The molecular weight excluding hydrogens is 343 g/mol. The first kappa shape index (κ1) is 14.4. The summed E-state index contributed by atoms with van der Waals surface area (Å²) < 4.78 is 46.2. The first-order valence-electron chi connectivity index (χ1n) is 5.15. The van der Waals surface area contributed by atoms with Crippen LogP contribution in [-0.2, 0) is 0 Å². The largest absolute Gasteiger partial charge is 0.573 e. The number of alkyl halides is 3. The Morgan fingerprint density at radius 2 is 1.75 bits per heavy atom. The Bertz CT molecular complexity index is 622. The van der Waals surface area contributed by atoms with Crippen molar-refractivity contribution in [1.29, 1.82) is 0 Å². The third kappa shape index (κ3) is 3.50. The van der Waals surface area contributed by atoms with Crippen LogP contribution in [0.2, 0.25) is 0 Å². The number of nitrogens with zero attached hydrogens (tertiary/aromatic N) is 2. The number of aromatic nitrogens is 2. The summed E-state index contributed by atoms with van der Waals surface area (Å²) in [6.45, 7) is 0. The number of hydrogen-bond acceptors (Lipinski definition) is 5. The summed E-state index contributed by atoms with van der Waals surface area (Å²) in [6, 6.07) is 5.32. The molecule has 0 aliphatic heterocycles. The summed E-state index contributed by atoms with van der Waals surface area (Å²) in [4.78, 5) is 7.47. The molecule has 0 saturated heterocycles. The fourth-order valence-electron chi connectivity index (χ4n) is 1.29. The average molecular weight is 350 g/mol. The Hall–Kier alpha value is -2.03. The predicted molar refractivity (Wildman–Crippen MR) is 67.3 cm³/mol. The third-order valence-electron chi connectivity index (χ3n) is 2.07. The number of anilines is 1. The zero-order chi connectivity index (χ0) is 14.8. The third-order valence-corrected chi connectivity index (χ3v) is 2.81. The molecular formula is C11H7BrF3N3O2. The maximum atomic E-state index is 12.3. The first-order valence-corrected chi connectivity index (χ1v) is 5.95. The van der Waals surface area contributed by atoms with Crippen LogP contribution in [0.3, 0.4) is 0 Å². The van der Waals surface area contributed by atoms with Crippen molar-refractivity contribution in [3.8, 4) is 17.4 Å². The molecule has 0 aliphatic carbocycles. The summed E-state index contributed by atoms with van der Waals surface area (Å²) in [7, 11) is 0. The maximum Gasteiger partial charge on any atom is 0.573 e. The predicted octanol–water partition coefficient (Wildman–Crippen LogP) is 3.51. The van der Waals surface area contributed by atoms with E-state index in [9.17, 15) is 13.2 Å². The SMILES string of the molecule is Nc1ncnc(Oc2ccccc2OC(F)(F)F)c1Br. The van der Waals surface area contributed by atoms with Gasteiger partial charge in [-0.2, -0.15) is 0 Å². The fourth-order valence-corrected chi connectivity index (χ4v) is 1.57. The van der Waals surface area contributed by atoms with Gasteiger partial charge in [0.05, 0.1) is 0 Å². The van der Waals surface area contributed by atoms with E-state index in [2.05, 4.69) is 30.6 Å². The Balaban J connectivity index is 2.32. The molecule has 1 heterocycles. The normalized spacial score (nSPS) is 11.2. The number of ether oxygens (including phenoxy) is 2. The molecule has 0 bridgehead atoms. The summed E-state index contributed by atoms with van der Waals surface area (Å²) in [5.74, 6) is -0.548. The molecule has 0 saturated carbocycles. The molecule has 1 aromatic carbocycles. The van der Waals surface area contributed by atoms with Crippen LogP contribution >= 0.6 is 15.9 Å². The van der Waals surface area contributed by atoms with Crippen LogP contribution in [0, 0.1) is 0 Å². The van der Waals surface area contributed by atoms with E-state index < -0.39 is 12.1 Å². The molecule has 9 heteroatoms. The Morgan fingerprint density at radius 3 is 2.40 bits per heavy atom. The monoisotopic (exact) mass is 349 g/mol. The molecule has 0 aliphatic rings. The van der Waals surface area contributed by atoms with Gasteiger partial charge in [-0.15, -0.1) is 13.2 Å². The molecule has 106 valence electrons. The lowest BCUT2D eigenvalue weighted by molar-refractivity contribution is -0.275. The van der Waals surface area contributed by atoms with E-state index in [1.54, 1.807) is 0 Å². The highest BCUT2D eigenvalue weighted by molar-refractivity contribution is 9.10. The van der Waals surface area contributed by atoms with Crippen LogP contribution < -0.4 is 15.2 Å². The van der Waals surface area contributed by atoms with Crippen molar-refractivity contribution in [2.24, 2.45) is 0 Å². The lowest BCUT2D eigenvalue weighted by Gasteiger charge is -2.13. The number of rotatable bonds is 3. The summed E-state index contributed by atoms with van der Waals surface area (Å²) in [5, 5.41) is 0. The molecule has 0 spiro atoms. The Morgan fingerprint density at radius 1 is 1.10 bits per heavy atom. The molecule has 0 amide bonds. The first-order chi connectivity index (χ1) is 9.37. The summed E-state index contributed by atoms with van der Waals surface area (Å²) in [6.07, 6.45) is -3.69. The van der Waals surface area contributed by atoms with E-state index in [-0.39, 0.29) is 21.9 Å². The highest BCUT2D eigenvalue weighted by Crippen LogP contribution is 2.37. The molecule has 0 radical (unpaired) electrons. The lowest BCUT2D eigenvalue weighted by atomic mass is 10.3. The van der Waals surface area contributed by atoms with Crippen LogP contribution in [0.5, 0.6) is 17.4 Å². The molecule has 2 rings (SSSR count). The topological polar surface area (TPSA) is 70.3 Å². The van der Waals surface area contributed by atoms with Crippen LogP contribution in [0.4, 0.5) is 19.0 Å². The van der Waals surface area contributed by atoms with E-state index in [1.807, 2.05) is 0 Å². The second-order valence-corrected chi connectivity index (χ2v) is 4.27. The zero-order valence-electron chi connectivity index (χ0n) is 9.69. The van der Waals surface area contributed by atoms with Gasteiger partial charge in [0, 0.05) is 0 Å². The van der Waals surface area contributed by atoms with Crippen molar-refractivity contribution in [1.82, 2.24) is 9.97 Å². The van der Waals surface area contributed by atoms with Gasteiger partial charge in [-0.3, -0.25) is 0 Å². The van der Waals surface area contributed by atoms with Crippen LogP contribution in [0.1, 0.15) is 0 Å². The summed E-state index contributed by atoms with van der Waals surface area (Å²) in [5.41, 5.74) is 5.52. The number of nitrogens with two attached hydrogens (primary N) is 1. The van der Waals surface area contributed by atoms with Gasteiger partial charge in [0.25, 0.3) is 0 Å². The minimum atomic E-state index is -4.82. The highest BCUT2D eigenvalue weighted by atomic mass is 79.9. The highest BCUT2D eigenvalue weighted by Gasteiger charge is 2.32. The van der Waals surface area contributed by atoms with Gasteiger partial charge < -0.3 is 15.2 Å². The van der Waals surface area contributed by atoms with Gasteiger partial charge in [0.2, 0.25) is 5.88 Å². The molecule has 0 unspecified atom stereocenters. The molecule has 2 aromatic rings. The van der Waals surface area contributed by atoms with Crippen molar-refractivity contribution in [3.05, 3.63) is 35.1 Å². The quantitative estimate of drug-likeness (QED) is 0.917.